The van der Waals surface area contributed by atoms with Crippen molar-refractivity contribution in [3.8, 4) is 0 Å². The van der Waals surface area contributed by atoms with Gasteiger partial charge in [-0.05, 0) is 6.92 Å². The van der Waals surface area contributed by atoms with E-state index in [1.807, 2.05) is 6.92 Å². The van der Waals surface area contributed by atoms with Crippen molar-refractivity contribution in [3.05, 3.63) is 6.42 Å². The molecular weight excluding hydrogens is 132 g/mol. The molecule has 0 unspecified atom stereocenters. The summed E-state index contributed by atoms with van der Waals surface area (Å²) in [4.78, 5) is 22.3. The summed E-state index contributed by atoms with van der Waals surface area (Å²) in [5.74, 6) is -1.06. The lowest BCUT2D eigenvalue weighted by Gasteiger charge is -2.11. The van der Waals surface area contributed by atoms with Gasteiger partial charge in [0, 0.05) is 13.6 Å². The summed E-state index contributed by atoms with van der Waals surface area (Å²) in [6.45, 7) is 2.38. The van der Waals surface area contributed by atoms with Crippen molar-refractivity contribution in [2.24, 2.45) is 5.73 Å². The molecule has 2 N–H and O–H groups in total. The molecule has 0 saturated carbocycles. The molecule has 0 aromatic heterocycles. The van der Waals surface area contributed by atoms with Gasteiger partial charge in [0.1, 0.15) is 6.42 Å². The van der Waals surface area contributed by atoms with Gasteiger partial charge in [-0.1, -0.05) is 0 Å². The summed E-state index contributed by atoms with van der Waals surface area (Å²) < 4.78 is 0. The fraction of sp³-hybridized carbons (Fsp3) is 0.500. The molecule has 0 aliphatic heterocycles. The summed E-state index contributed by atoms with van der Waals surface area (Å²) in [5, 5.41) is 0. The van der Waals surface area contributed by atoms with Gasteiger partial charge in [-0.25, -0.2) is 0 Å². The number of carbonyl (C=O) groups is 2. The van der Waals surface area contributed by atoms with Crippen LogP contribution in [0.2, 0.25) is 0 Å². The largest absolute Gasteiger partial charge is 0.369 e. The molecule has 0 bridgehead atoms. The van der Waals surface area contributed by atoms with E-state index in [-0.39, 0.29) is 5.91 Å². The maximum absolute atomic E-state index is 10.8. The lowest BCUT2D eigenvalue weighted by molar-refractivity contribution is -0.128. The SMILES string of the molecule is CCN(C)C(=O)[CH]C(N)=O. The Labute approximate surface area is 60.0 Å². The van der Waals surface area contributed by atoms with Crippen LogP contribution in [0, 0.1) is 6.42 Å². The first-order valence-electron chi connectivity index (χ1n) is 2.97. The van der Waals surface area contributed by atoms with Gasteiger partial charge < -0.3 is 10.6 Å². The molecule has 57 valence electrons. The Morgan fingerprint density at radius 1 is 1.60 bits per heavy atom. The minimum Gasteiger partial charge on any atom is -0.369 e. The Balaban J connectivity index is 3.73. The number of nitrogens with zero attached hydrogens (tertiary/aromatic N) is 1. The van der Waals surface area contributed by atoms with E-state index >= 15 is 0 Å². The molecule has 0 heterocycles. The number of nitrogens with two attached hydrogens (primary N) is 1. The molecule has 1 radical (unpaired) electrons. The molecule has 0 fully saturated rings. The Bertz CT molecular complexity index is 145. The summed E-state index contributed by atoms with van der Waals surface area (Å²) in [6, 6.07) is 0. The smallest absolute Gasteiger partial charge is 0.236 e. The highest BCUT2D eigenvalue weighted by molar-refractivity contribution is 6.07. The van der Waals surface area contributed by atoms with Gasteiger partial charge in [0.25, 0.3) is 0 Å². The molecule has 0 saturated heterocycles. The normalized spacial score (nSPS) is 9.00. The quantitative estimate of drug-likeness (QED) is 0.523. The van der Waals surface area contributed by atoms with Crippen molar-refractivity contribution in [3.63, 3.8) is 0 Å². The molecule has 4 heteroatoms. The van der Waals surface area contributed by atoms with E-state index in [1.165, 1.54) is 4.90 Å². The van der Waals surface area contributed by atoms with E-state index in [1.54, 1.807) is 7.05 Å². The third kappa shape index (κ3) is 3.06. The first-order valence-corrected chi connectivity index (χ1v) is 2.97. The van der Waals surface area contributed by atoms with Crippen molar-refractivity contribution in [1.29, 1.82) is 0 Å². The second kappa shape index (κ2) is 3.87. The first-order chi connectivity index (χ1) is 4.57. The van der Waals surface area contributed by atoms with Crippen LogP contribution in [-0.2, 0) is 9.59 Å². The summed E-state index contributed by atoms with van der Waals surface area (Å²) >= 11 is 0. The predicted molar refractivity (Wildman–Crippen MR) is 36.8 cm³/mol. The van der Waals surface area contributed by atoms with Crippen molar-refractivity contribution >= 4 is 11.8 Å². The molecule has 2 amide bonds. The van der Waals surface area contributed by atoms with Gasteiger partial charge in [-0.15, -0.1) is 0 Å². The molecule has 0 aliphatic carbocycles. The van der Waals surface area contributed by atoms with Gasteiger partial charge in [0.15, 0.2) is 0 Å². The van der Waals surface area contributed by atoms with Crippen LogP contribution in [0.15, 0.2) is 0 Å². The van der Waals surface area contributed by atoms with Crippen molar-refractivity contribution in [2.75, 3.05) is 13.6 Å². The fourth-order valence-corrected chi connectivity index (χ4v) is 0.388. The van der Waals surface area contributed by atoms with Crippen molar-refractivity contribution < 1.29 is 9.59 Å². The Hall–Kier alpha value is -1.06. The zero-order valence-corrected chi connectivity index (χ0v) is 6.13. The Morgan fingerprint density at radius 3 is 2.40 bits per heavy atom. The van der Waals surface area contributed by atoms with Crippen LogP contribution in [0.5, 0.6) is 0 Å². The second-order valence-electron chi connectivity index (χ2n) is 1.90. The number of rotatable bonds is 3. The minimum atomic E-state index is -0.703. The van der Waals surface area contributed by atoms with E-state index in [0.717, 1.165) is 6.42 Å². The highest BCUT2D eigenvalue weighted by atomic mass is 16.2. The predicted octanol–water partition coefficient (Wildman–Crippen LogP) is -0.846. The molecule has 0 spiro atoms. The number of primary amides is 1. The van der Waals surface area contributed by atoms with Crippen molar-refractivity contribution in [2.45, 2.75) is 6.92 Å². The monoisotopic (exact) mass is 143 g/mol. The maximum atomic E-state index is 10.8. The third-order valence-corrected chi connectivity index (χ3v) is 1.12. The van der Waals surface area contributed by atoms with Gasteiger partial charge >= 0.3 is 0 Å². The number of hydrogen-bond donors (Lipinski definition) is 1. The average molecular weight is 143 g/mol. The highest BCUT2D eigenvalue weighted by Gasteiger charge is 2.09. The van der Waals surface area contributed by atoms with Crippen LogP contribution in [0.4, 0.5) is 0 Å². The zero-order chi connectivity index (χ0) is 8.15. The molecule has 4 nitrogen and oxygen atoms in total. The van der Waals surface area contributed by atoms with Crippen molar-refractivity contribution in [1.82, 2.24) is 4.90 Å². The minimum absolute atomic E-state index is 0.352. The number of carbonyl (C=O) groups excluding carboxylic acids is 2. The maximum Gasteiger partial charge on any atom is 0.236 e. The van der Waals surface area contributed by atoms with E-state index in [0.29, 0.717) is 6.54 Å². The standard InChI is InChI=1S/C6H11N2O2/c1-3-8(2)6(10)4-5(7)9/h4H,3H2,1-2H3,(H2,7,9). The Kier molecular flexibility index (Phi) is 3.46. The average Bonchev–Trinajstić information content (AvgIpc) is 1.85. The van der Waals surface area contributed by atoms with Crippen LogP contribution in [-0.4, -0.2) is 30.3 Å². The van der Waals surface area contributed by atoms with Gasteiger partial charge in [0.05, 0.1) is 0 Å². The lowest BCUT2D eigenvalue weighted by Crippen LogP contribution is -2.31. The molecular formula is C6H11N2O2. The van der Waals surface area contributed by atoms with E-state index in [2.05, 4.69) is 0 Å². The van der Waals surface area contributed by atoms with Crippen LogP contribution < -0.4 is 5.73 Å². The molecule has 0 aromatic rings. The molecule has 0 rings (SSSR count). The van der Waals surface area contributed by atoms with Crippen LogP contribution in [0.3, 0.4) is 0 Å². The van der Waals surface area contributed by atoms with E-state index in [4.69, 9.17) is 5.73 Å². The van der Waals surface area contributed by atoms with E-state index < -0.39 is 5.91 Å². The molecule has 10 heavy (non-hydrogen) atoms. The zero-order valence-electron chi connectivity index (χ0n) is 6.13. The second-order valence-corrected chi connectivity index (χ2v) is 1.90. The molecule has 0 aromatic carbocycles. The molecule has 0 atom stereocenters. The highest BCUT2D eigenvalue weighted by Crippen LogP contribution is 1.86. The van der Waals surface area contributed by atoms with Crippen LogP contribution >= 0.6 is 0 Å². The lowest BCUT2D eigenvalue weighted by atomic mass is 10.3. The van der Waals surface area contributed by atoms with Gasteiger partial charge in [-0.2, -0.15) is 0 Å². The number of amides is 2. The first kappa shape index (κ1) is 8.94. The van der Waals surface area contributed by atoms with Gasteiger partial charge in [0.2, 0.25) is 11.8 Å². The summed E-state index contributed by atoms with van der Waals surface area (Å²) in [5.41, 5.74) is 4.74. The van der Waals surface area contributed by atoms with Crippen LogP contribution in [0.1, 0.15) is 6.92 Å². The summed E-state index contributed by atoms with van der Waals surface area (Å²) in [6.07, 6.45) is 0.865. The summed E-state index contributed by atoms with van der Waals surface area (Å²) in [7, 11) is 1.60. The topological polar surface area (TPSA) is 63.4 Å². The van der Waals surface area contributed by atoms with Gasteiger partial charge in [-0.3, -0.25) is 9.59 Å². The fourth-order valence-electron chi connectivity index (χ4n) is 0.388. The number of hydrogen-bond acceptors (Lipinski definition) is 2. The molecule has 0 aliphatic rings. The van der Waals surface area contributed by atoms with E-state index in [9.17, 15) is 9.59 Å². The van der Waals surface area contributed by atoms with Crippen LogP contribution in [0.25, 0.3) is 0 Å². The third-order valence-electron chi connectivity index (χ3n) is 1.12. The Morgan fingerprint density at radius 2 is 2.10 bits per heavy atom.